The lowest BCUT2D eigenvalue weighted by Gasteiger charge is -2.15. The van der Waals surface area contributed by atoms with Crippen LogP contribution in [0.4, 0.5) is 24.5 Å². The topological polar surface area (TPSA) is 93.7 Å². The molecule has 0 bridgehead atoms. The number of hydrogen-bond donors (Lipinski definition) is 2. The highest BCUT2D eigenvalue weighted by Gasteiger charge is 2.31. The van der Waals surface area contributed by atoms with Crippen LogP contribution in [0.1, 0.15) is 6.42 Å². The molecule has 0 radical (unpaired) electrons. The summed E-state index contributed by atoms with van der Waals surface area (Å²) >= 11 is 3.18. The summed E-state index contributed by atoms with van der Waals surface area (Å²) in [7, 11) is -4.18. The maximum absolute atomic E-state index is 12.8. The highest BCUT2D eigenvalue weighted by molar-refractivity contribution is 9.10. The Morgan fingerprint density at radius 1 is 1.18 bits per heavy atom. The molecule has 0 aliphatic carbocycles. The number of benzene rings is 2. The Labute approximate surface area is 166 Å². The Balaban J connectivity index is 1.90. The van der Waals surface area contributed by atoms with E-state index in [9.17, 15) is 26.4 Å². The average Bonchev–Trinajstić information content (AvgIpc) is 2.74. The van der Waals surface area contributed by atoms with Crippen LogP contribution in [-0.2, 0) is 14.8 Å². The zero-order valence-electron chi connectivity index (χ0n) is 13.8. The largest absolute Gasteiger partial charge is 0.573 e. The number of halogens is 4. The van der Waals surface area contributed by atoms with Gasteiger partial charge in [-0.3, -0.25) is 9.52 Å². The summed E-state index contributed by atoms with van der Waals surface area (Å²) in [6.07, 6.45) is -4.80. The van der Waals surface area contributed by atoms with Gasteiger partial charge in [0.2, 0.25) is 5.91 Å². The van der Waals surface area contributed by atoms with Crippen LogP contribution in [0.3, 0.4) is 0 Å². The number of hydrogen-bond acceptors (Lipinski definition) is 5. The van der Waals surface area contributed by atoms with Gasteiger partial charge in [0.25, 0.3) is 10.0 Å². The third kappa shape index (κ3) is 4.87. The zero-order chi connectivity index (χ0) is 20.5. The molecule has 0 saturated carbocycles. The molecule has 1 amide bonds. The van der Waals surface area contributed by atoms with Gasteiger partial charge >= 0.3 is 6.36 Å². The second-order valence-electron chi connectivity index (χ2n) is 5.60. The molecule has 2 aromatic carbocycles. The molecule has 0 atom stereocenters. The van der Waals surface area contributed by atoms with Crippen molar-refractivity contribution in [3.8, 4) is 11.5 Å². The standard InChI is InChI=1S/C16H12BrF3N2O5S/c17-9-7-12-15(26-6-5-14(23)21-12)13(8-9)28(24,25)22-10-1-3-11(4-2-10)27-16(18,19)20/h1-4,7-8,22H,5-6H2,(H,21,23). The van der Waals surface area contributed by atoms with Crippen LogP contribution < -0.4 is 19.5 Å². The minimum absolute atomic E-state index is 0.00748. The van der Waals surface area contributed by atoms with Crippen LogP contribution in [0, 0.1) is 0 Å². The molecule has 0 saturated heterocycles. The van der Waals surface area contributed by atoms with E-state index in [0.29, 0.717) is 4.47 Å². The number of anilines is 2. The van der Waals surface area contributed by atoms with E-state index in [2.05, 4.69) is 30.7 Å². The molecule has 0 unspecified atom stereocenters. The molecule has 1 aliphatic rings. The highest BCUT2D eigenvalue weighted by atomic mass is 79.9. The summed E-state index contributed by atoms with van der Waals surface area (Å²) in [4.78, 5) is 11.4. The van der Waals surface area contributed by atoms with E-state index >= 15 is 0 Å². The van der Waals surface area contributed by atoms with Gasteiger partial charge in [-0.1, -0.05) is 15.9 Å². The van der Waals surface area contributed by atoms with Crippen LogP contribution in [0.5, 0.6) is 11.5 Å². The number of alkyl halides is 3. The predicted molar refractivity (Wildman–Crippen MR) is 96.8 cm³/mol. The summed E-state index contributed by atoms with van der Waals surface area (Å²) in [5.41, 5.74) is 0.201. The molecule has 0 spiro atoms. The number of rotatable bonds is 4. The molecule has 1 aliphatic heterocycles. The Bertz CT molecular complexity index is 1010. The molecular weight excluding hydrogens is 469 g/mol. The Hall–Kier alpha value is -2.47. The minimum Gasteiger partial charge on any atom is -0.489 e. The SMILES string of the molecule is O=C1CCOc2c(cc(Br)cc2S(=O)(=O)Nc2ccc(OC(F)(F)F)cc2)N1. The number of amides is 1. The molecule has 3 rings (SSSR count). The summed E-state index contributed by atoms with van der Waals surface area (Å²) < 4.78 is 74.0. The van der Waals surface area contributed by atoms with Crippen molar-refractivity contribution in [2.24, 2.45) is 0 Å². The lowest BCUT2D eigenvalue weighted by atomic mass is 10.3. The first-order valence-corrected chi connectivity index (χ1v) is 9.96. The van der Waals surface area contributed by atoms with Gasteiger partial charge in [0.1, 0.15) is 10.6 Å². The van der Waals surface area contributed by atoms with Gasteiger partial charge in [-0.25, -0.2) is 8.42 Å². The van der Waals surface area contributed by atoms with Crippen LogP contribution in [-0.4, -0.2) is 27.3 Å². The molecule has 12 heteroatoms. The van der Waals surface area contributed by atoms with Gasteiger partial charge in [0.05, 0.1) is 18.7 Å². The van der Waals surface area contributed by atoms with E-state index in [4.69, 9.17) is 4.74 Å². The van der Waals surface area contributed by atoms with Gasteiger partial charge in [0.15, 0.2) is 5.75 Å². The van der Waals surface area contributed by atoms with Crippen LogP contribution in [0.15, 0.2) is 45.8 Å². The normalized spacial score (nSPS) is 14.4. The van der Waals surface area contributed by atoms with Gasteiger partial charge in [-0.2, -0.15) is 0 Å². The Morgan fingerprint density at radius 3 is 2.50 bits per heavy atom. The van der Waals surface area contributed by atoms with Crippen LogP contribution >= 0.6 is 15.9 Å². The molecule has 0 aromatic heterocycles. The first-order chi connectivity index (χ1) is 13.0. The first-order valence-electron chi connectivity index (χ1n) is 7.68. The number of carbonyl (C=O) groups is 1. The van der Waals surface area contributed by atoms with Crippen LogP contribution in [0.2, 0.25) is 0 Å². The lowest BCUT2D eigenvalue weighted by molar-refractivity contribution is -0.274. The molecule has 28 heavy (non-hydrogen) atoms. The lowest BCUT2D eigenvalue weighted by Crippen LogP contribution is -2.17. The number of carbonyl (C=O) groups excluding carboxylic acids is 1. The second kappa shape index (κ2) is 7.51. The molecule has 2 N–H and O–H groups in total. The third-order valence-electron chi connectivity index (χ3n) is 3.50. The van der Waals surface area contributed by atoms with Crippen molar-refractivity contribution in [3.63, 3.8) is 0 Å². The fourth-order valence-electron chi connectivity index (χ4n) is 2.40. The van der Waals surface area contributed by atoms with E-state index in [1.807, 2.05) is 0 Å². The minimum atomic E-state index is -4.85. The van der Waals surface area contributed by atoms with Crippen molar-refractivity contribution in [2.45, 2.75) is 17.7 Å². The number of ether oxygens (including phenoxy) is 2. The van der Waals surface area contributed by atoms with Crippen molar-refractivity contribution >= 4 is 43.2 Å². The Kier molecular flexibility index (Phi) is 5.44. The van der Waals surface area contributed by atoms with Gasteiger partial charge in [-0.05, 0) is 36.4 Å². The fourth-order valence-corrected chi connectivity index (χ4v) is 4.26. The van der Waals surface area contributed by atoms with Crippen LogP contribution in [0.25, 0.3) is 0 Å². The van der Waals surface area contributed by atoms with E-state index in [-0.39, 0.29) is 41.0 Å². The third-order valence-corrected chi connectivity index (χ3v) is 5.34. The van der Waals surface area contributed by atoms with Crippen molar-refractivity contribution < 1.29 is 35.9 Å². The second-order valence-corrected chi connectivity index (χ2v) is 8.17. The molecular formula is C16H12BrF3N2O5S. The maximum Gasteiger partial charge on any atom is 0.573 e. The Morgan fingerprint density at radius 2 is 1.86 bits per heavy atom. The number of fused-ring (bicyclic) bond motifs is 1. The van der Waals surface area contributed by atoms with Gasteiger partial charge < -0.3 is 14.8 Å². The summed E-state index contributed by atoms with van der Waals surface area (Å²) in [5, 5.41) is 2.56. The molecule has 2 aromatic rings. The molecule has 7 nitrogen and oxygen atoms in total. The summed E-state index contributed by atoms with van der Waals surface area (Å²) in [6, 6.07) is 6.99. The maximum atomic E-state index is 12.8. The average molecular weight is 481 g/mol. The molecule has 0 fully saturated rings. The highest BCUT2D eigenvalue weighted by Crippen LogP contribution is 2.38. The van der Waals surface area contributed by atoms with E-state index in [0.717, 1.165) is 24.3 Å². The van der Waals surface area contributed by atoms with E-state index < -0.39 is 22.1 Å². The monoisotopic (exact) mass is 480 g/mol. The molecule has 1 heterocycles. The van der Waals surface area contributed by atoms with Crippen molar-refractivity contribution in [1.29, 1.82) is 0 Å². The van der Waals surface area contributed by atoms with Crippen molar-refractivity contribution in [3.05, 3.63) is 40.9 Å². The van der Waals surface area contributed by atoms with Gasteiger partial charge in [-0.15, -0.1) is 13.2 Å². The molecule has 150 valence electrons. The van der Waals surface area contributed by atoms with Crippen molar-refractivity contribution in [2.75, 3.05) is 16.6 Å². The number of sulfonamides is 1. The smallest absolute Gasteiger partial charge is 0.489 e. The first kappa shape index (κ1) is 20.3. The fraction of sp³-hybridized carbons (Fsp3) is 0.188. The van der Waals surface area contributed by atoms with E-state index in [1.54, 1.807) is 0 Å². The quantitative estimate of drug-likeness (QED) is 0.692. The number of nitrogens with one attached hydrogen (secondary N) is 2. The van der Waals surface area contributed by atoms with Gasteiger partial charge in [0, 0.05) is 10.2 Å². The van der Waals surface area contributed by atoms with Crippen molar-refractivity contribution in [1.82, 2.24) is 0 Å². The predicted octanol–water partition coefficient (Wildman–Crippen LogP) is 3.87. The summed E-state index contributed by atoms with van der Waals surface area (Å²) in [5.74, 6) is -0.843. The van der Waals surface area contributed by atoms with E-state index in [1.165, 1.54) is 12.1 Å². The zero-order valence-corrected chi connectivity index (χ0v) is 16.2. The summed E-state index contributed by atoms with van der Waals surface area (Å²) in [6.45, 7) is -0.00748.